The number of piperidine rings is 1. The van der Waals surface area contributed by atoms with Gasteiger partial charge >= 0.3 is 0 Å². The zero-order valence-corrected chi connectivity index (χ0v) is 20.0. The minimum atomic E-state index is -3.66. The number of carbonyl (C=O) groups excluding carboxylic acids is 1. The second kappa shape index (κ2) is 9.09. The summed E-state index contributed by atoms with van der Waals surface area (Å²) in [6.07, 6.45) is 3.16. The molecule has 0 bridgehead atoms. The van der Waals surface area contributed by atoms with E-state index in [0.29, 0.717) is 37.5 Å². The van der Waals surface area contributed by atoms with E-state index in [0.717, 1.165) is 17.7 Å². The van der Waals surface area contributed by atoms with E-state index in [1.165, 1.54) is 27.8 Å². The second-order valence-electron chi connectivity index (χ2n) is 8.35. The van der Waals surface area contributed by atoms with Crippen LogP contribution in [0.1, 0.15) is 30.6 Å². The van der Waals surface area contributed by atoms with Crippen LogP contribution in [0.4, 0.5) is 11.4 Å². The SMILES string of the molecule is Cc1ccc(S(=O)(=O)N2CCCC(C(=O)N(CC3CC3)c3ccc(Cl)c([N+](=O)[O-])c3)C2)s1. The number of nitro groups is 1. The number of hydrogen-bond donors (Lipinski definition) is 0. The van der Waals surface area contributed by atoms with E-state index >= 15 is 0 Å². The van der Waals surface area contributed by atoms with Crippen LogP contribution in [0.5, 0.6) is 0 Å². The molecule has 1 saturated carbocycles. The average molecular weight is 498 g/mol. The lowest BCUT2D eigenvalue weighted by molar-refractivity contribution is -0.384. The van der Waals surface area contributed by atoms with Crippen molar-refractivity contribution in [3.05, 3.63) is 50.3 Å². The number of rotatable bonds is 7. The van der Waals surface area contributed by atoms with Gasteiger partial charge in [-0.15, -0.1) is 11.3 Å². The molecule has 1 unspecified atom stereocenters. The van der Waals surface area contributed by atoms with Gasteiger partial charge in [-0.2, -0.15) is 4.31 Å². The number of nitro benzene ring substituents is 1. The third-order valence-electron chi connectivity index (χ3n) is 5.89. The minimum Gasteiger partial charge on any atom is -0.312 e. The first-order valence-electron chi connectivity index (χ1n) is 10.5. The summed E-state index contributed by atoms with van der Waals surface area (Å²) in [5.41, 5.74) is 0.172. The van der Waals surface area contributed by atoms with Crippen molar-refractivity contribution in [3.8, 4) is 0 Å². The van der Waals surface area contributed by atoms with Crippen molar-refractivity contribution in [1.29, 1.82) is 0 Å². The van der Waals surface area contributed by atoms with Gasteiger partial charge in [0.25, 0.3) is 15.7 Å². The summed E-state index contributed by atoms with van der Waals surface area (Å²) in [5, 5.41) is 11.4. The first-order chi connectivity index (χ1) is 15.2. The molecule has 1 amide bonds. The molecule has 2 fully saturated rings. The lowest BCUT2D eigenvalue weighted by atomic mass is 9.97. The number of aryl methyl sites for hydroxylation is 1. The Morgan fingerprint density at radius 2 is 2.03 bits per heavy atom. The molecular weight excluding hydrogens is 474 g/mol. The van der Waals surface area contributed by atoms with Crippen LogP contribution >= 0.6 is 22.9 Å². The van der Waals surface area contributed by atoms with Crippen LogP contribution in [0, 0.1) is 28.9 Å². The zero-order valence-electron chi connectivity index (χ0n) is 17.6. The van der Waals surface area contributed by atoms with Crippen molar-refractivity contribution in [2.45, 2.75) is 36.8 Å². The lowest BCUT2D eigenvalue weighted by Crippen LogP contribution is -2.47. The largest absolute Gasteiger partial charge is 0.312 e. The van der Waals surface area contributed by atoms with Gasteiger partial charge in [0.2, 0.25) is 5.91 Å². The highest BCUT2D eigenvalue weighted by Gasteiger charge is 2.38. The average Bonchev–Trinajstić information content (AvgIpc) is 3.48. The molecule has 8 nitrogen and oxygen atoms in total. The maximum Gasteiger partial charge on any atom is 0.289 e. The maximum atomic E-state index is 13.5. The number of hydrogen-bond acceptors (Lipinski definition) is 6. The van der Waals surface area contributed by atoms with Gasteiger partial charge in [0, 0.05) is 30.6 Å². The van der Waals surface area contributed by atoms with Crippen LogP contribution < -0.4 is 4.90 Å². The van der Waals surface area contributed by atoms with E-state index in [4.69, 9.17) is 11.6 Å². The fourth-order valence-electron chi connectivity index (χ4n) is 3.95. The summed E-state index contributed by atoms with van der Waals surface area (Å²) in [4.78, 5) is 26.8. The number of sulfonamides is 1. The highest BCUT2D eigenvalue weighted by Crippen LogP contribution is 2.36. The zero-order chi connectivity index (χ0) is 23.0. The van der Waals surface area contributed by atoms with E-state index in [9.17, 15) is 23.3 Å². The van der Waals surface area contributed by atoms with Crippen molar-refractivity contribution >= 4 is 50.2 Å². The van der Waals surface area contributed by atoms with E-state index in [-0.39, 0.29) is 27.4 Å². The molecule has 1 aliphatic carbocycles. The highest BCUT2D eigenvalue weighted by atomic mass is 35.5. The summed E-state index contributed by atoms with van der Waals surface area (Å²) in [7, 11) is -3.66. The van der Waals surface area contributed by atoms with Crippen molar-refractivity contribution in [1.82, 2.24) is 4.31 Å². The predicted octanol–water partition coefficient (Wildman–Crippen LogP) is 4.46. The summed E-state index contributed by atoms with van der Waals surface area (Å²) < 4.78 is 27.8. The Morgan fingerprint density at radius 1 is 1.28 bits per heavy atom. The van der Waals surface area contributed by atoms with Gasteiger partial charge in [-0.1, -0.05) is 11.6 Å². The van der Waals surface area contributed by atoms with Gasteiger partial charge in [-0.05, 0) is 62.8 Å². The molecule has 2 aromatic rings. The summed E-state index contributed by atoms with van der Waals surface area (Å²) in [6, 6.07) is 7.75. The standard InChI is InChI=1S/C21H24ClN3O5S2/c1-14-4-9-20(31-14)32(29,30)23-10-2-3-16(13-23)21(26)24(12-15-5-6-15)17-7-8-18(22)19(11-17)25(27)28/h4,7-9,11,15-16H,2-3,5-6,10,12-13H2,1H3. The van der Waals surface area contributed by atoms with E-state index in [2.05, 4.69) is 0 Å². The number of thiophene rings is 1. The molecule has 2 aliphatic rings. The van der Waals surface area contributed by atoms with Gasteiger partial charge < -0.3 is 4.90 Å². The first kappa shape index (κ1) is 23.2. The number of amides is 1. The van der Waals surface area contributed by atoms with Gasteiger partial charge in [-0.25, -0.2) is 8.42 Å². The van der Waals surface area contributed by atoms with Gasteiger partial charge in [0.05, 0.1) is 16.5 Å². The van der Waals surface area contributed by atoms with E-state index < -0.39 is 20.9 Å². The van der Waals surface area contributed by atoms with Crippen LogP contribution in [0.25, 0.3) is 0 Å². The molecule has 32 heavy (non-hydrogen) atoms. The Balaban J connectivity index is 1.58. The monoisotopic (exact) mass is 497 g/mol. The van der Waals surface area contributed by atoms with E-state index in [1.54, 1.807) is 23.1 Å². The molecule has 1 atom stereocenters. The van der Waals surface area contributed by atoms with Crippen molar-refractivity contribution in [2.24, 2.45) is 11.8 Å². The lowest BCUT2D eigenvalue weighted by Gasteiger charge is -2.34. The maximum absolute atomic E-state index is 13.5. The quantitative estimate of drug-likeness (QED) is 0.415. The molecule has 0 spiro atoms. The number of nitrogens with zero attached hydrogens (tertiary/aromatic N) is 3. The number of carbonyl (C=O) groups is 1. The van der Waals surface area contributed by atoms with Crippen LogP contribution in [-0.4, -0.2) is 43.2 Å². The highest BCUT2D eigenvalue weighted by molar-refractivity contribution is 7.91. The van der Waals surface area contributed by atoms with Crippen molar-refractivity contribution < 1.29 is 18.1 Å². The molecule has 172 valence electrons. The molecule has 1 aromatic heterocycles. The summed E-state index contributed by atoms with van der Waals surface area (Å²) in [6.45, 7) is 2.80. The Morgan fingerprint density at radius 3 is 2.66 bits per heavy atom. The fourth-order valence-corrected chi connectivity index (χ4v) is 7.10. The van der Waals surface area contributed by atoms with E-state index in [1.807, 2.05) is 6.92 Å². The Hall–Kier alpha value is -2.01. The third-order valence-corrected chi connectivity index (χ3v) is 9.54. The fraction of sp³-hybridized carbons (Fsp3) is 0.476. The molecule has 1 saturated heterocycles. The minimum absolute atomic E-state index is 0.0127. The molecule has 0 radical (unpaired) electrons. The van der Waals surface area contributed by atoms with Crippen LogP contribution in [-0.2, 0) is 14.8 Å². The number of halogens is 1. The van der Waals surface area contributed by atoms with Gasteiger partial charge in [0.1, 0.15) is 9.23 Å². The number of anilines is 1. The molecule has 11 heteroatoms. The number of benzene rings is 1. The molecule has 0 N–H and O–H groups in total. The van der Waals surface area contributed by atoms with Crippen LogP contribution in [0.3, 0.4) is 0 Å². The molecule has 4 rings (SSSR count). The molecule has 1 aromatic carbocycles. The topological polar surface area (TPSA) is 101 Å². The summed E-state index contributed by atoms with van der Waals surface area (Å²) in [5.74, 6) is -0.352. The Labute approximate surface area is 196 Å². The smallest absolute Gasteiger partial charge is 0.289 e. The third kappa shape index (κ3) is 4.83. The van der Waals surface area contributed by atoms with Crippen LogP contribution in [0.15, 0.2) is 34.5 Å². The van der Waals surface area contributed by atoms with Crippen molar-refractivity contribution in [3.63, 3.8) is 0 Å². The first-order valence-corrected chi connectivity index (χ1v) is 13.1. The van der Waals surface area contributed by atoms with Crippen LogP contribution in [0.2, 0.25) is 5.02 Å². The van der Waals surface area contributed by atoms with Gasteiger partial charge in [-0.3, -0.25) is 14.9 Å². The molecule has 2 heterocycles. The Kier molecular flexibility index (Phi) is 6.58. The molecular formula is C21H24ClN3O5S2. The second-order valence-corrected chi connectivity index (χ2v) is 12.2. The van der Waals surface area contributed by atoms with Gasteiger partial charge in [0.15, 0.2) is 0 Å². The normalized spacial score (nSPS) is 19.6. The molecule has 1 aliphatic heterocycles. The van der Waals surface area contributed by atoms with Crippen molar-refractivity contribution in [2.75, 3.05) is 24.5 Å². The summed E-state index contributed by atoms with van der Waals surface area (Å²) >= 11 is 7.18. The predicted molar refractivity (Wildman–Crippen MR) is 124 cm³/mol. The Bertz CT molecular complexity index is 1150.